The number of aliphatic hydroxyl groups excluding tert-OH is 4. The summed E-state index contributed by atoms with van der Waals surface area (Å²) in [7, 11) is 0. The van der Waals surface area contributed by atoms with Crippen LogP contribution in [-0.4, -0.2) is 123 Å². The van der Waals surface area contributed by atoms with Gasteiger partial charge in [-0.1, -0.05) is 167 Å². The monoisotopic (exact) mass is 1290 g/mol. The number of hydrogen-bond donors (Lipinski definition) is 4. The van der Waals surface area contributed by atoms with Gasteiger partial charge in [-0.15, -0.1) is 0 Å². The van der Waals surface area contributed by atoms with E-state index in [1.54, 1.807) is 13.8 Å². The van der Waals surface area contributed by atoms with Gasteiger partial charge in [-0.2, -0.15) is 0 Å². The van der Waals surface area contributed by atoms with Crippen molar-refractivity contribution in [3.05, 3.63) is 239 Å². The largest absolute Gasteiger partial charge is 0.491 e. The highest BCUT2D eigenvalue weighted by atomic mass is 16.6. The molecular formula is C80H102O14. The second kappa shape index (κ2) is 33.3. The zero-order chi connectivity index (χ0) is 65.5. The van der Waals surface area contributed by atoms with Gasteiger partial charge in [0.1, 0.15) is 123 Å². The lowest BCUT2D eigenvalue weighted by molar-refractivity contribution is 0.0626. The lowest BCUT2D eigenvalue weighted by Gasteiger charge is -2.27. The highest BCUT2D eigenvalue weighted by Crippen LogP contribution is 2.38. The predicted molar refractivity (Wildman–Crippen MR) is 374 cm³/mol. The summed E-state index contributed by atoms with van der Waals surface area (Å²) >= 11 is 0. The van der Waals surface area contributed by atoms with Gasteiger partial charge >= 0.3 is 0 Å². The Morgan fingerprint density at radius 1 is 0.298 bits per heavy atom. The smallest absolute Gasteiger partial charge is 0.122 e. The molecule has 0 aromatic heterocycles. The third kappa shape index (κ3) is 21.0. The van der Waals surface area contributed by atoms with Crippen LogP contribution in [0.2, 0.25) is 0 Å². The zero-order valence-electron chi connectivity index (χ0n) is 54.9. The van der Waals surface area contributed by atoms with Crippen molar-refractivity contribution in [2.75, 3.05) is 66.1 Å². The van der Waals surface area contributed by atoms with E-state index >= 15 is 0 Å². The molecule has 2 aliphatic heterocycles. The van der Waals surface area contributed by atoms with Crippen LogP contribution in [-0.2, 0) is 31.1 Å². The Balaban J connectivity index is 0.000000292. The molecule has 4 atom stereocenters. The van der Waals surface area contributed by atoms with E-state index < -0.39 is 24.4 Å². The van der Waals surface area contributed by atoms with E-state index in [9.17, 15) is 20.4 Å². The Kier molecular flexibility index (Phi) is 26.0. The summed E-state index contributed by atoms with van der Waals surface area (Å²) in [6, 6.07) is 64.3. The first kappa shape index (κ1) is 73.3. The molecule has 4 N–H and O–H groups in total. The quantitative estimate of drug-likeness (QED) is 0.0293. The molecule has 2 fully saturated rings. The van der Waals surface area contributed by atoms with Gasteiger partial charge in [-0.05, 0) is 155 Å². The van der Waals surface area contributed by atoms with Gasteiger partial charge in [0.25, 0.3) is 0 Å². The van der Waals surface area contributed by atoms with Gasteiger partial charge in [0.2, 0.25) is 0 Å². The molecule has 8 aromatic carbocycles. The van der Waals surface area contributed by atoms with E-state index in [0.29, 0.717) is 36.2 Å². The molecule has 0 aliphatic carbocycles. The molecule has 0 radical (unpaired) electrons. The van der Waals surface area contributed by atoms with Crippen LogP contribution in [0.15, 0.2) is 194 Å². The van der Waals surface area contributed by atoms with Gasteiger partial charge in [0.05, 0.1) is 25.4 Å². The molecule has 0 saturated carbocycles. The summed E-state index contributed by atoms with van der Waals surface area (Å²) in [5.74, 6) is 5.92. The summed E-state index contributed by atoms with van der Waals surface area (Å²) in [6.45, 7) is 24.6. The molecule has 4 unspecified atom stereocenters. The fraction of sp³-hybridized carbons (Fsp3) is 0.400. The van der Waals surface area contributed by atoms with E-state index in [1.807, 2.05) is 146 Å². The number of aliphatic hydroxyl groups is 4. The molecule has 14 nitrogen and oxygen atoms in total. The van der Waals surface area contributed by atoms with Crippen molar-refractivity contribution < 1.29 is 69.2 Å². The summed E-state index contributed by atoms with van der Waals surface area (Å²) in [5.41, 5.74) is 8.41. The van der Waals surface area contributed by atoms with E-state index in [2.05, 4.69) is 104 Å². The molecule has 8 aromatic rings. The Bertz CT molecular complexity index is 3040. The Hall–Kier alpha value is -8.08. The Labute approximate surface area is 559 Å². The van der Waals surface area contributed by atoms with Crippen LogP contribution >= 0.6 is 0 Å². The van der Waals surface area contributed by atoms with Crippen LogP contribution in [0.4, 0.5) is 0 Å². The van der Waals surface area contributed by atoms with Crippen molar-refractivity contribution in [3.8, 4) is 46.0 Å². The van der Waals surface area contributed by atoms with Crippen molar-refractivity contribution >= 4 is 0 Å². The first-order chi connectivity index (χ1) is 44.0. The summed E-state index contributed by atoms with van der Waals surface area (Å²) in [4.78, 5) is 0. The van der Waals surface area contributed by atoms with Gasteiger partial charge in [0, 0.05) is 23.1 Å². The Morgan fingerprint density at radius 3 is 0.596 bits per heavy atom. The summed E-state index contributed by atoms with van der Waals surface area (Å²) in [6.07, 6.45) is -2.11. The number of benzene rings is 8. The Morgan fingerprint density at radius 2 is 0.447 bits per heavy atom. The third-order valence-electron chi connectivity index (χ3n) is 17.0. The molecule has 2 saturated heterocycles. The third-order valence-corrected chi connectivity index (χ3v) is 17.0. The minimum Gasteiger partial charge on any atom is -0.491 e. The molecule has 0 amide bonds. The average molecular weight is 1290 g/mol. The maximum absolute atomic E-state index is 10.5. The van der Waals surface area contributed by atoms with Gasteiger partial charge in [-0.3, -0.25) is 0 Å². The molecular weight excluding hydrogens is 1180 g/mol. The number of epoxide rings is 2. The van der Waals surface area contributed by atoms with Crippen molar-refractivity contribution in [1.29, 1.82) is 0 Å². The molecule has 506 valence electrons. The SMILES string of the molecule is C.C.CC(C)(c1ccc(OCC(O)COc2ccc(C(C)(C)c3ccc(OCC4CO4)cc3)cc2)cc1)c1ccc(OCC2CO2)cc1.CC(O)COc1ccc(C(C)(C)c2ccc(OCC(O)COc3ccc(C(C)(C)c4ccc(OCC(C)O)cc4)cc3)cc2)cc1.[2HH]. The molecule has 2 aliphatic rings. The number of hydrogen-bond acceptors (Lipinski definition) is 14. The lowest BCUT2D eigenvalue weighted by atomic mass is 9.78. The molecule has 0 spiro atoms. The minimum absolute atomic E-state index is 0. The highest BCUT2D eigenvalue weighted by molar-refractivity contribution is 5.46. The van der Waals surface area contributed by atoms with Gasteiger partial charge in [-0.25, -0.2) is 0 Å². The van der Waals surface area contributed by atoms with Crippen molar-refractivity contribution in [3.63, 3.8) is 0 Å². The fourth-order valence-corrected chi connectivity index (χ4v) is 10.4. The van der Waals surface area contributed by atoms with Crippen LogP contribution in [0.5, 0.6) is 46.0 Å². The topological polar surface area (TPSA) is 180 Å². The molecule has 0 bridgehead atoms. The van der Waals surface area contributed by atoms with Gasteiger partial charge in [0.15, 0.2) is 0 Å². The first-order valence-electron chi connectivity index (χ1n) is 31.8. The van der Waals surface area contributed by atoms with Crippen molar-refractivity contribution in [1.82, 2.24) is 0 Å². The minimum atomic E-state index is -0.795. The van der Waals surface area contributed by atoms with Crippen LogP contribution in [0.25, 0.3) is 0 Å². The van der Waals surface area contributed by atoms with Crippen molar-refractivity contribution in [2.24, 2.45) is 0 Å². The molecule has 2 heterocycles. The van der Waals surface area contributed by atoms with E-state index in [1.165, 1.54) is 22.3 Å². The summed E-state index contributed by atoms with van der Waals surface area (Å²) in [5, 5.41) is 39.9. The fourth-order valence-electron chi connectivity index (χ4n) is 10.4. The van der Waals surface area contributed by atoms with Crippen molar-refractivity contribution in [2.45, 2.75) is 142 Å². The van der Waals surface area contributed by atoms with Crippen LogP contribution in [0.1, 0.15) is 130 Å². The van der Waals surface area contributed by atoms with E-state index in [-0.39, 0.29) is 89.8 Å². The van der Waals surface area contributed by atoms with Crippen LogP contribution < -0.4 is 37.9 Å². The standard InChI is InChI=1S/C39H44O7.C39H48O7.2CH4.H2/c1-38(2,29-9-17-34(18-10-29)43-23-36-25-45-36)27-5-13-32(14-6-27)41-21-31(40)22-42-33-15-7-28(8-16-33)39(3,4)30-11-19-35(20-12-30)44-24-37-26-46-37;1-27(40)23-43-34-15-7-29(8-16-34)38(3,4)31-11-19-36(20-12-31)45-25-33(42)26-46-37-21-13-32(14-22-37)39(5,6)30-9-17-35(18-10-30)44-24-28(2)41;;;/h5-20,31,36-37,40H,21-26H2,1-4H3;7-22,27-28,33,40-42H,23-26H2,1-6H3;2*1H4;1H/i;;;;1+1. The normalized spacial score (nSPS) is 15.6. The molecule has 94 heavy (non-hydrogen) atoms. The second-order valence-corrected chi connectivity index (χ2v) is 26.1. The molecule has 14 heteroatoms. The van der Waals surface area contributed by atoms with Gasteiger partial charge < -0.3 is 67.8 Å². The maximum atomic E-state index is 10.5. The molecule has 10 rings (SSSR count). The predicted octanol–water partition coefficient (Wildman–Crippen LogP) is 14.9. The maximum Gasteiger partial charge on any atom is 0.122 e. The van der Waals surface area contributed by atoms with Crippen LogP contribution in [0, 0.1) is 0 Å². The van der Waals surface area contributed by atoms with Crippen LogP contribution in [0.3, 0.4) is 0 Å². The first-order valence-corrected chi connectivity index (χ1v) is 31.8. The number of rotatable bonds is 32. The number of ether oxygens (including phenoxy) is 10. The second-order valence-electron chi connectivity index (χ2n) is 26.1. The van der Waals surface area contributed by atoms with E-state index in [0.717, 1.165) is 58.5 Å². The zero-order valence-corrected chi connectivity index (χ0v) is 54.9. The average Bonchev–Trinajstić information content (AvgIpc) is 1.81. The lowest BCUT2D eigenvalue weighted by Crippen LogP contribution is -2.25. The summed E-state index contributed by atoms with van der Waals surface area (Å²) < 4.78 is 56.6. The highest BCUT2D eigenvalue weighted by Gasteiger charge is 2.29. The van der Waals surface area contributed by atoms with E-state index in [4.69, 9.17) is 47.4 Å².